The first-order valence-electron chi connectivity index (χ1n) is 5.32. The van der Waals surface area contributed by atoms with Crippen molar-refractivity contribution in [3.05, 3.63) is 29.8 Å². The van der Waals surface area contributed by atoms with Crippen LogP contribution in [0.5, 0.6) is 0 Å². The quantitative estimate of drug-likeness (QED) is 0.760. The van der Waals surface area contributed by atoms with Crippen molar-refractivity contribution in [2.75, 3.05) is 19.6 Å². The summed E-state index contributed by atoms with van der Waals surface area (Å²) in [4.78, 5) is 17.6. The molecular formula is C11H14FN3O. The summed E-state index contributed by atoms with van der Waals surface area (Å²) in [6.45, 7) is 4.22. The lowest BCUT2D eigenvalue weighted by molar-refractivity contribution is 0.0649. The molecule has 86 valence electrons. The molecule has 1 atom stereocenters. The second-order valence-electron chi connectivity index (χ2n) is 3.91. The van der Waals surface area contributed by atoms with E-state index in [0.29, 0.717) is 12.2 Å². The number of hydrogen-bond acceptors (Lipinski definition) is 3. The molecule has 0 unspecified atom stereocenters. The summed E-state index contributed by atoms with van der Waals surface area (Å²) in [6, 6.07) is 2.83. The van der Waals surface area contributed by atoms with Crippen LogP contribution in [0, 0.1) is 5.82 Å². The summed E-state index contributed by atoms with van der Waals surface area (Å²) >= 11 is 0. The van der Waals surface area contributed by atoms with Gasteiger partial charge in [-0.3, -0.25) is 4.79 Å². The van der Waals surface area contributed by atoms with Gasteiger partial charge in [0.05, 0.1) is 6.20 Å². The molecule has 1 aliphatic rings. The Hall–Kier alpha value is -1.49. The minimum absolute atomic E-state index is 0.131. The van der Waals surface area contributed by atoms with Crippen molar-refractivity contribution in [3.63, 3.8) is 0 Å². The van der Waals surface area contributed by atoms with Gasteiger partial charge < -0.3 is 10.2 Å². The highest BCUT2D eigenvalue weighted by molar-refractivity contribution is 5.92. The highest BCUT2D eigenvalue weighted by Crippen LogP contribution is 2.08. The Kier molecular flexibility index (Phi) is 3.14. The van der Waals surface area contributed by atoms with Crippen LogP contribution in [0.1, 0.15) is 17.4 Å². The number of aromatic nitrogens is 1. The molecule has 0 saturated carbocycles. The lowest BCUT2D eigenvalue weighted by atomic mass is 10.2. The van der Waals surface area contributed by atoms with Gasteiger partial charge in [0.2, 0.25) is 0 Å². The average molecular weight is 223 g/mol. The molecular weight excluding hydrogens is 209 g/mol. The van der Waals surface area contributed by atoms with Gasteiger partial charge in [0.15, 0.2) is 0 Å². The van der Waals surface area contributed by atoms with Crippen LogP contribution in [0.3, 0.4) is 0 Å². The number of carbonyl (C=O) groups excluding carboxylic acids is 1. The Morgan fingerprint density at radius 3 is 3.06 bits per heavy atom. The fraction of sp³-hybridized carbons (Fsp3) is 0.455. The van der Waals surface area contributed by atoms with E-state index in [1.54, 1.807) is 4.90 Å². The van der Waals surface area contributed by atoms with Crippen LogP contribution < -0.4 is 5.32 Å². The monoisotopic (exact) mass is 223 g/mol. The summed E-state index contributed by atoms with van der Waals surface area (Å²) in [5.41, 5.74) is 0.301. The van der Waals surface area contributed by atoms with Gasteiger partial charge in [0.1, 0.15) is 11.5 Å². The molecule has 1 aromatic heterocycles. The van der Waals surface area contributed by atoms with E-state index in [9.17, 15) is 9.18 Å². The smallest absolute Gasteiger partial charge is 0.272 e. The van der Waals surface area contributed by atoms with Crippen molar-refractivity contribution >= 4 is 5.91 Å². The number of nitrogens with zero attached hydrogens (tertiary/aromatic N) is 2. The summed E-state index contributed by atoms with van der Waals surface area (Å²) < 4.78 is 12.7. The number of carbonyl (C=O) groups is 1. The van der Waals surface area contributed by atoms with Gasteiger partial charge in [-0.1, -0.05) is 0 Å². The second-order valence-corrected chi connectivity index (χ2v) is 3.91. The van der Waals surface area contributed by atoms with Gasteiger partial charge in [-0.2, -0.15) is 0 Å². The molecule has 5 heteroatoms. The van der Waals surface area contributed by atoms with Crippen LogP contribution in [0.15, 0.2) is 18.3 Å². The average Bonchev–Trinajstić information content (AvgIpc) is 2.30. The zero-order valence-electron chi connectivity index (χ0n) is 9.11. The first-order valence-corrected chi connectivity index (χ1v) is 5.32. The molecule has 0 spiro atoms. The first kappa shape index (κ1) is 11.0. The number of piperazine rings is 1. The van der Waals surface area contributed by atoms with E-state index < -0.39 is 5.82 Å². The lowest BCUT2D eigenvalue weighted by Gasteiger charge is -2.33. The van der Waals surface area contributed by atoms with E-state index in [1.807, 2.05) is 6.92 Å². The second kappa shape index (κ2) is 4.57. The Bertz CT molecular complexity index is 379. The minimum atomic E-state index is -0.426. The molecule has 0 radical (unpaired) electrons. The van der Waals surface area contributed by atoms with E-state index >= 15 is 0 Å². The molecule has 1 fully saturated rings. The molecule has 2 rings (SSSR count). The molecule has 1 amide bonds. The minimum Gasteiger partial charge on any atom is -0.332 e. The summed E-state index contributed by atoms with van der Waals surface area (Å²) in [7, 11) is 0. The van der Waals surface area contributed by atoms with E-state index in [0.717, 1.165) is 19.3 Å². The maximum atomic E-state index is 12.7. The number of nitrogens with one attached hydrogen (secondary N) is 1. The van der Waals surface area contributed by atoms with Gasteiger partial charge >= 0.3 is 0 Å². The number of amides is 1. The molecule has 1 aliphatic heterocycles. The summed E-state index contributed by atoms with van der Waals surface area (Å²) in [5, 5.41) is 3.21. The van der Waals surface area contributed by atoms with E-state index in [4.69, 9.17) is 0 Å². The molecule has 0 bridgehead atoms. The summed E-state index contributed by atoms with van der Waals surface area (Å²) in [5.74, 6) is -0.557. The van der Waals surface area contributed by atoms with E-state index in [-0.39, 0.29) is 11.9 Å². The number of halogens is 1. The molecule has 2 heterocycles. The molecule has 16 heavy (non-hydrogen) atoms. The van der Waals surface area contributed by atoms with Crippen molar-refractivity contribution in [1.82, 2.24) is 15.2 Å². The fourth-order valence-electron chi connectivity index (χ4n) is 1.79. The molecule has 1 saturated heterocycles. The molecule has 4 nitrogen and oxygen atoms in total. The number of rotatable bonds is 1. The van der Waals surface area contributed by atoms with Gasteiger partial charge in [-0.25, -0.2) is 9.37 Å². The van der Waals surface area contributed by atoms with E-state index in [1.165, 1.54) is 12.1 Å². The van der Waals surface area contributed by atoms with Gasteiger partial charge in [-0.15, -0.1) is 0 Å². The van der Waals surface area contributed by atoms with Crippen LogP contribution in [0.2, 0.25) is 0 Å². The van der Waals surface area contributed by atoms with Crippen molar-refractivity contribution < 1.29 is 9.18 Å². The molecule has 1 aromatic rings. The SMILES string of the molecule is C[C@@H]1CNCCN1C(=O)c1ccc(F)cn1. The topological polar surface area (TPSA) is 45.2 Å². The zero-order valence-corrected chi connectivity index (χ0v) is 9.11. The van der Waals surface area contributed by atoms with Crippen molar-refractivity contribution in [3.8, 4) is 0 Å². The Morgan fingerprint density at radius 1 is 1.62 bits per heavy atom. The maximum absolute atomic E-state index is 12.7. The molecule has 0 aliphatic carbocycles. The number of hydrogen-bond donors (Lipinski definition) is 1. The summed E-state index contributed by atoms with van der Waals surface area (Å²) in [6.07, 6.45) is 1.07. The van der Waals surface area contributed by atoms with Crippen LogP contribution in [-0.2, 0) is 0 Å². The largest absolute Gasteiger partial charge is 0.332 e. The van der Waals surface area contributed by atoms with Crippen LogP contribution in [-0.4, -0.2) is 41.5 Å². The third-order valence-corrected chi connectivity index (χ3v) is 2.71. The maximum Gasteiger partial charge on any atom is 0.272 e. The standard InChI is InChI=1S/C11H14FN3O/c1-8-6-13-4-5-15(8)11(16)10-3-2-9(12)7-14-10/h2-3,7-8,13H,4-6H2,1H3/t8-/m1/s1. The van der Waals surface area contributed by atoms with Gasteiger partial charge in [0, 0.05) is 25.7 Å². The third-order valence-electron chi connectivity index (χ3n) is 2.71. The predicted molar refractivity (Wildman–Crippen MR) is 57.6 cm³/mol. The Labute approximate surface area is 93.5 Å². The normalized spacial score (nSPS) is 20.9. The Morgan fingerprint density at radius 2 is 2.44 bits per heavy atom. The fourth-order valence-corrected chi connectivity index (χ4v) is 1.79. The third kappa shape index (κ3) is 2.19. The van der Waals surface area contributed by atoms with Crippen LogP contribution in [0.25, 0.3) is 0 Å². The van der Waals surface area contributed by atoms with Gasteiger partial charge in [0.25, 0.3) is 5.91 Å². The first-order chi connectivity index (χ1) is 7.68. The van der Waals surface area contributed by atoms with E-state index in [2.05, 4.69) is 10.3 Å². The predicted octanol–water partition coefficient (Wildman–Crippen LogP) is 0.655. The Balaban J connectivity index is 2.14. The van der Waals surface area contributed by atoms with Crippen molar-refractivity contribution in [1.29, 1.82) is 0 Å². The van der Waals surface area contributed by atoms with Crippen LogP contribution in [0.4, 0.5) is 4.39 Å². The zero-order chi connectivity index (χ0) is 11.5. The highest BCUT2D eigenvalue weighted by Gasteiger charge is 2.24. The molecule has 0 aromatic carbocycles. The van der Waals surface area contributed by atoms with Crippen molar-refractivity contribution in [2.24, 2.45) is 0 Å². The highest BCUT2D eigenvalue weighted by atomic mass is 19.1. The number of pyridine rings is 1. The van der Waals surface area contributed by atoms with Gasteiger partial charge in [-0.05, 0) is 19.1 Å². The van der Waals surface area contributed by atoms with Crippen molar-refractivity contribution in [2.45, 2.75) is 13.0 Å². The lowest BCUT2D eigenvalue weighted by Crippen LogP contribution is -2.52. The van der Waals surface area contributed by atoms with Crippen LogP contribution >= 0.6 is 0 Å². The molecule has 1 N–H and O–H groups in total.